The minimum Gasteiger partial charge on any atom is -0.452 e. The smallest absolute Gasteiger partial charge is 0.341 e. The molecule has 1 aromatic rings. The van der Waals surface area contributed by atoms with Crippen molar-refractivity contribution < 1.29 is 14.3 Å². The Bertz CT molecular complexity index is 525. The normalized spacial score (nSPS) is 22.0. The Labute approximate surface area is 129 Å². The fraction of sp³-hybridized carbons (Fsp3) is 0.533. The van der Waals surface area contributed by atoms with Crippen LogP contribution in [0.5, 0.6) is 0 Å². The summed E-state index contributed by atoms with van der Waals surface area (Å²) in [6.07, 6.45) is 4.58. The largest absolute Gasteiger partial charge is 0.452 e. The highest BCUT2D eigenvalue weighted by Crippen LogP contribution is 2.22. The Morgan fingerprint density at radius 1 is 1.38 bits per heavy atom. The van der Waals surface area contributed by atoms with Crippen molar-refractivity contribution >= 4 is 23.5 Å². The van der Waals surface area contributed by atoms with Gasteiger partial charge in [-0.15, -0.1) is 0 Å². The molecule has 2 heterocycles. The number of hydrogen-bond donors (Lipinski definition) is 0. The maximum absolute atomic E-state index is 12.2. The number of nitrogens with zero attached hydrogens (tertiary/aromatic N) is 2. The van der Waals surface area contributed by atoms with Gasteiger partial charge in [0.2, 0.25) is 0 Å². The van der Waals surface area contributed by atoms with E-state index in [1.807, 2.05) is 18.7 Å². The average molecular weight is 311 g/mol. The summed E-state index contributed by atoms with van der Waals surface area (Å²) in [4.78, 5) is 29.8. The number of likely N-dealkylation sites (tertiary alicyclic amines) is 1. The Hall–Kier alpha value is -1.62. The van der Waals surface area contributed by atoms with Crippen LogP contribution in [0.2, 0.25) is 5.15 Å². The molecule has 6 heteroatoms. The summed E-state index contributed by atoms with van der Waals surface area (Å²) in [6.45, 7) is 3.78. The number of carbonyl (C=O) groups is 2. The van der Waals surface area contributed by atoms with Crippen molar-refractivity contribution in [1.29, 1.82) is 0 Å². The Morgan fingerprint density at radius 2 is 2.05 bits per heavy atom. The van der Waals surface area contributed by atoms with E-state index in [0.717, 1.165) is 19.3 Å². The number of piperidine rings is 1. The number of pyridine rings is 1. The van der Waals surface area contributed by atoms with Crippen LogP contribution in [0.1, 0.15) is 43.5 Å². The van der Waals surface area contributed by atoms with Gasteiger partial charge in [0.25, 0.3) is 5.91 Å². The van der Waals surface area contributed by atoms with Crippen LogP contribution in [0.4, 0.5) is 0 Å². The van der Waals surface area contributed by atoms with E-state index in [0.29, 0.717) is 0 Å². The van der Waals surface area contributed by atoms with E-state index in [1.165, 1.54) is 12.3 Å². The van der Waals surface area contributed by atoms with E-state index < -0.39 is 5.97 Å². The molecule has 2 atom stereocenters. The second kappa shape index (κ2) is 6.89. The molecule has 1 aliphatic heterocycles. The van der Waals surface area contributed by atoms with Crippen LogP contribution in [-0.4, -0.2) is 40.5 Å². The van der Waals surface area contributed by atoms with E-state index in [4.69, 9.17) is 16.3 Å². The van der Waals surface area contributed by atoms with Crippen molar-refractivity contribution in [2.75, 3.05) is 6.61 Å². The van der Waals surface area contributed by atoms with E-state index in [1.54, 1.807) is 6.07 Å². The molecule has 1 amide bonds. The minimum atomic E-state index is -0.626. The van der Waals surface area contributed by atoms with Crippen LogP contribution in [0.25, 0.3) is 0 Å². The lowest BCUT2D eigenvalue weighted by molar-refractivity contribution is -0.140. The van der Waals surface area contributed by atoms with Gasteiger partial charge < -0.3 is 9.64 Å². The van der Waals surface area contributed by atoms with Gasteiger partial charge in [-0.1, -0.05) is 11.6 Å². The quantitative estimate of drug-likeness (QED) is 0.636. The van der Waals surface area contributed by atoms with Gasteiger partial charge in [0.15, 0.2) is 6.61 Å². The van der Waals surface area contributed by atoms with Crippen molar-refractivity contribution in [1.82, 2.24) is 9.88 Å². The second-order valence-electron chi connectivity index (χ2n) is 5.35. The summed E-state index contributed by atoms with van der Waals surface area (Å²) in [5.74, 6) is -0.790. The van der Waals surface area contributed by atoms with Crippen molar-refractivity contribution in [3.05, 3.63) is 29.0 Å². The van der Waals surface area contributed by atoms with Crippen molar-refractivity contribution in [2.24, 2.45) is 0 Å². The number of aromatic nitrogens is 1. The highest BCUT2D eigenvalue weighted by molar-refractivity contribution is 6.32. The molecule has 0 N–H and O–H groups in total. The first-order valence-electron chi connectivity index (χ1n) is 7.09. The van der Waals surface area contributed by atoms with E-state index in [-0.39, 0.29) is 35.3 Å². The predicted molar refractivity (Wildman–Crippen MR) is 79.2 cm³/mol. The average Bonchev–Trinajstić information content (AvgIpc) is 2.45. The molecule has 2 rings (SSSR count). The van der Waals surface area contributed by atoms with Crippen LogP contribution in [0, 0.1) is 0 Å². The first kappa shape index (κ1) is 15.8. The summed E-state index contributed by atoms with van der Waals surface area (Å²) in [7, 11) is 0. The fourth-order valence-corrected chi connectivity index (χ4v) is 2.93. The number of carbonyl (C=O) groups excluding carboxylic acids is 2. The summed E-state index contributed by atoms with van der Waals surface area (Å²) in [5, 5.41) is 0.0784. The van der Waals surface area contributed by atoms with Gasteiger partial charge in [0.05, 0.1) is 5.56 Å². The third-order valence-electron chi connectivity index (χ3n) is 3.79. The van der Waals surface area contributed by atoms with Crippen LogP contribution >= 0.6 is 11.6 Å². The highest BCUT2D eigenvalue weighted by atomic mass is 35.5. The maximum atomic E-state index is 12.2. The fourth-order valence-electron chi connectivity index (χ4n) is 2.73. The molecule has 0 unspecified atom stereocenters. The van der Waals surface area contributed by atoms with Crippen LogP contribution < -0.4 is 0 Å². The van der Waals surface area contributed by atoms with Crippen molar-refractivity contribution in [2.45, 2.75) is 45.2 Å². The second-order valence-corrected chi connectivity index (χ2v) is 5.71. The lowest BCUT2D eigenvalue weighted by Crippen LogP contribution is -2.49. The standard InChI is InChI=1S/C15H19ClN2O3/c1-10-5-3-6-11(2)18(10)13(19)9-21-15(20)12-7-4-8-17-14(12)16/h4,7-8,10-11H,3,5-6,9H2,1-2H3/t10-,11-/m0/s1. The molecular formula is C15H19ClN2O3. The molecule has 21 heavy (non-hydrogen) atoms. The van der Waals surface area contributed by atoms with Gasteiger partial charge >= 0.3 is 5.97 Å². The van der Waals surface area contributed by atoms with Gasteiger partial charge in [-0.2, -0.15) is 0 Å². The van der Waals surface area contributed by atoms with Gasteiger partial charge in [-0.3, -0.25) is 4.79 Å². The highest BCUT2D eigenvalue weighted by Gasteiger charge is 2.29. The van der Waals surface area contributed by atoms with Gasteiger partial charge in [0, 0.05) is 18.3 Å². The SMILES string of the molecule is C[C@H]1CCC[C@H](C)N1C(=O)COC(=O)c1cccnc1Cl. The zero-order valence-electron chi connectivity index (χ0n) is 12.2. The Kier molecular flexibility index (Phi) is 5.17. The zero-order chi connectivity index (χ0) is 15.4. The maximum Gasteiger partial charge on any atom is 0.341 e. The number of amides is 1. The molecule has 1 aromatic heterocycles. The molecule has 0 aliphatic carbocycles. The van der Waals surface area contributed by atoms with Crippen LogP contribution in [0.15, 0.2) is 18.3 Å². The summed E-state index contributed by atoms with van der Waals surface area (Å²) in [6, 6.07) is 3.48. The first-order valence-corrected chi connectivity index (χ1v) is 7.47. The lowest BCUT2D eigenvalue weighted by atomic mass is 9.97. The predicted octanol–water partition coefficient (Wildman–Crippen LogP) is 2.68. The van der Waals surface area contributed by atoms with Gasteiger partial charge in [-0.05, 0) is 45.2 Å². The summed E-state index contributed by atoms with van der Waals surface area (Å²) >= 11 is 5.82. The molecule has 1 aliphatic rings. The number of ether oxygens (including phenoxy) is 1. The topological polar surface area (TPSA) is 59.5 Å². The van der Waals surface area contributed by atoms with Crippen LogP contribution in [0.3, 0.4) is 0 Å². The minimum absolute atomic E-state index is 0.0784. The summed E-state index contributed by atoms with van der Waals surface area (Å²) < 4.78 is 5.07. The molecule has 0 spiro atoms. The third kappa shape index (κ3) is 3.73. The molecule has 114 valence electrons. The Morgan fingerprint density at radius 3 is 2.67 bits per heavy atom. The van der Waals surface area contributed by atoms with E-state index in [9.17, 15) is 9.59 Å². The van der Waals surface area contributed by atoms with Gasteiger partial charge in [-0.25, -0.2) is 9.78 Å². The summed E-state index contributed by atoms with van der Waals surface area (Å²) in [5.41, 5.74) is 0.173. The van der Waals surface area contributed by atoms with Gasteiger partial charge in [0.1, 0.15) is 5.15 Å². The molecule has 1 fully saturated rings. The molecule has 0 aromatic carbocycles. The Balaban J connectivity index is 1.95. The molecule has 0 saturated carbocycles. The third-order valence-corrected chi connectivity index (χ3v) is 4.09. The monoisotopic (exact) mass is 310 g/mol. The molecule has 0 radical (unpaired) electrons. The zero-order valence-corrected chi connectivity index (χ0v) is 13.0. The number of halogens is 1. The number of hydrogen-bond acceptors (Lipinski definition) is 4. The van der Waals surface area contributed by atoms with Crippen molar-refractivity contribution in [3.8, 4) is 0 Å². The number of rotatable bonds is 3. The van der Waals surface area contributed by atoms with E-state index >= 15 is 0 Å². The lowest BCUT2D eigenvalue weighted by Gasteiger charge is -2.38. The van der Waals surface area contributed by atoms with Crippen LogP contribution in [-0.2, 0) is 9.53 Å². The number of esters is 1. The first-order chi connectivity index (χ1) is 10.0. The molecule has 0 bridgehead atoms. The molecule has 5 nitrogen and oxygen atoms in total. The molecule has 1 saturated heterocycles. The van der Waals surface area contributed by atoms with Crippen molar-refractivity contribution in [3.63, 3.8) is 0 Å². The van der Waals surface area contributed by atoms with E-state index in [2.05, 4.69) is 4.98 Å². The molecular weight excluding hydrogens is 292 g/mol.